The molecular weight excluding hydrogens is 236 g/mol. The zero-order valence-corrected chi connectivity index (χ0v) is 11.1. The number of nitrogens with two attached hydrogens (primary N) is 1. The van der Waals surface area contributed by atoms with Gasteiger partial charge in [0.05, 0.1) is 5.69 Å². The first-order valence-corrected chi connectivity index (χ1v) is 7.12. The minimum atomic E-state index is 0.113. The van der Waals surface area contributed by atoms with Crippen molar-refractivity contribution in [3.8, 4) is 0 Å². The van der Waals surface area contributed by atoms with Gasteiger partial charge in [0.25, 0.3) is 5.91 Å². The summed E-state index contributed by atoms with van der Waals surface area (Å²) in [7, 11) is 0. The zero-order valence-electron chi connectivity index (χ0n) is 11.1. The van der Waals surface area contributed by atoms with Gasteiger partial charge in [-0.05, 0) is 24.8 Å². The van der Waals surface area contributed by atoms with Gasteiger partial charge in [-0.1, -0.05) is 37.1 Å². The molecule has 1 fully saturated rings. The Labute approximate surface area is 114 Å². The van der Waals surface area contributed by atoms with E-state index in [1.54, 1.807) is 4.90 Å². The van der Waals surface area contributed by atoms with Gasteiger partial charge in [0.15, 0.2) is 0 Å². The predicted molar refractivity (Wildman–Crippen MR) is 77.8 cm³/mol. The molecule has 0 unspecified atom stereocenters. The molecule has 0 saturated heterocycles. The molecule has 2 N–H and O–H groups in total. The van der Waals surface area contributed by atoms with Gasteiger partial charge in [-0.25, -0.2) is 0 Å². The van der Waals surface area contributed by atoms with Gasteiger partial charge in [0, 0.05) is 24.2 Å². The molecule has 0 spiro atoms. The van der Waals surface area contributed by atoms with Crippen LogP contribution in [0, 0.1) is 5.92 Å². The summed E-state index contributed by atoms with van der Waals surface area (Å²) in [4.78, 5) is 14.2. The van der Waals surface area contributed by atoms with Crippen LogP contribution in [0.4, 0.5) is 5.69 Å². The van der Waals surface area contributed by atoms with E-state index < -0.39 is 0 Å². The highest BCUT2D eigenvalue weighted by Crippen LogP contribution is 2.38. The van der Waals surface area contributed by atoms with Crippen molar-refractivity contribution in [2.24, 2.45) is 11.7 Å². The lowest BCUT2D eigenvalue weighted by molar-refractivity contribution is -0.113. The lowest BCUT2D eigenvalue weighted by atomic mass is 10.0. The van der Waals surface area contributed by atoms with Crippen LogP contribution in [-0.4, -0.2) is 19.0 Å². The van der Waals surface area contributed by atoms with Crippen molar-refractivity contribution in [3.05, 3.63) is 35.9 Å². The van der Waals surface area contributed by atoms with Crippen LogP contribution in [0.1, 0.15) is 31.2 Å². The number of carbonyl (C=O) groups is 1. The maximum atomic E-state index is 12.4. The summed E-state index contributed by atoms with van der Waals surface area (Å²) < 4.78 is 0. The SMILES string of the molecule is NCCN1C(=O)C(=CCCC2CC2)c2ccccc21. The monoisotopic (exact) mass is 256 g/mol. The van der Waals surface area contributed by atoms with Crippen LogP contribution < -0.4 is 10.6 Å². The molecule has 19 heavy (non-hydrogen) atoms. The summed E-state index contributed by atoms with van der Waals surface area (Å²) in [5.41, 5.74) is 8.55. The molecule has 1 aromatic carbocycles. The largest absolute Gasteiger partial charge is 0.329 e. The van der Waals surface area contributed by atoms with E-state index in [4.69, 9.17) is 5.73 Å². The van der Waals surface area contributed by atoms with Crippen LogP contribution in [0.2, 0.25) is 0 Å². The number of fused-ring (bicyclic) bond motifs is 1. The number of anilines is 1. The van der Waals surface area contributed by atoms with Gasteiger partial charge in [-0.2, -0.15) is 0 Å². The zero-order chi connectivity index (χ0) is 13.2. The van der Waals surface area contributed by atoms with Crippen LogP contribution in [0.3, 0.4) is 0 Å². The third kappa shape index (κ3) is 2.43. The van der Waals surface area contributed by atoms with Crippen molar-refractivity contribution in [3.63, 3.8) is 0 Å². The molecule has 100 valence electrons. The second kappa shape index (κ2) is 5.17. The van der Waals surface area contributed by atoms with E-state index in [-0.39, 0.29) is 5.91 Å². The average molecular weight is 256 g/mol. The first-order valence-electron chi connectivity index (χ1n) is 7.12. The van der Waals surface area contributed by atoms with E-state index in [9.17, 15) is 4.79 Å². The normalized spacial score (nSPS) is 20.2. The number of amides is 1. The lowest BCUT2D eigenvalue weighted by Crippen LogP contribution is -2.31. The fourth-order valence-corrected chi connectivity index (χ4v) is 2.73. The summed E-state index contributed by atoms with van der Waals surface area (Å²) in [6.07, 6.45) is 7.09. The average Bonchev–Trinajstić information content (AvgIpc) is 3.21. The molecule has 1 amide bonds. The molecule has 1 saturated carbocycles. The summed E-state index contributed by atoms with van der Waals surface area (Å²) in [6, 6.07) is 8.01. The van der Waals surface area contributed by atoms with E-state index in [1.165, 1.54) is 19.3 Å². The number of hydrogen-bond donors (Lipinski definition) is 1. The first kappa shape index (κ1) is 12.4. The molecule has 1 aliphatic heterocycles. The molecule has 3 rings (SSSR count). The summed E-state index contributed by atoms with van der Waals surface area (Å²) in [6.45, 7) is 1.09. The number of rotatable bonds is 5. The molecule has 0 aromatic heterocycles. The van der Waals surface area contributed by atoms with Gasteiger partial charge in [0.2, 0.25) is 0 Å². The third-order valence-corrected chi connectivity index (χ3v) is 3.93. The molecule has 0 atom stereocenters. The van der Waals surface area contributed by atoms with E-state index in [0.717, 1.165) is 29.2 Å². The number of para-hydroxylation sites is 1. The highest BCUT2D eigenvalue weighted by molar-refractivity contribution is 6.32. The maximum Gasteiger partial charge on any atom is 0.258 e. The summed E-state index contributed by atoms with van der Waals surface area (Å²) >= 11 is 0. The van der Waals surface area contributed by atoms with Crippen molar-refractivity contribution in [1.82, 2.24) is 0 Å². The Balaban J connectivity index is 1.85. The van der Waals surface area contributed by atoms with Gasteiger partial charge in [0.1, 0.15) is 0 Å². The minimum Gasteiger partial charge on any atom is -0.329 e. The van der Waals surface area contributed by atoms with Crippen molar-refractivity contribution < 1.29 is 4.79 Å². The fourth-order valence-electron chi connectivity index (χ4n) is 2.73. The van der Waals surface area contributed by atoms with Gasteiger partial charge in [-0.3, -0.25) is 4.79 Å². The van der Waals surface area contributed by atoms with Crippen LogP contribution >= 0.6 is 0 Å². The van der Waals surface area contributed by atoms with Crippen molar-refractivity contribution in [2.75, 3.05) is 18.0 Å². The van der Waals surface area contributed by atoms with Crippen LogP contribution in [0.25, 0.3) is 5.57 Å². The Bertz CT molecular complexity index is 517. The van der Waals surface area contributed by atoms with Gasteiger partial charge in [-0.15, -0.1) is 0 Å². The number of carbonyl (C=O) groups excluding carboxylic acids is 1. The number of nitrogens with zero attached hydrogens (tertiary/aromatic N) is 1. The third-order valence-electron chi connectivity index (χ3n) is 3.93. The minimum absolute atomic E-state index is 0.113. The molecule has 1 aliphatic carbocycles. The molecule has 0 bridgehead atoms. The standard InChI is InChI=1S/C16H20N2O/c17-10-11-18-15-7-2-1-5-13(15)14(16(18)19)6-3-4-12-8-9-12/h1-2,5-7,12H,3-4,8-11,17H2. The number of benzene rings is 1. The van der Waals surface area contributed by atoms with Crippen LogP contribution in [0.5, 0.6) is 0 Å². The van der Waals surface area contributed by atoms with Gasteiger partial charge >= 0.3 is 0 Å². The second-order valence-electron chi connectivity index (χ2n) is 5.40. The first-order chi connectivity index (χ1) is 9.31. The van der Waals surface area contributed by atoms with Gasteiger partial charge < -0.3 is 10.6 Å². The Morgan fingerprint density at radius 3 is 2.84 bits per heavy atom. The molecular formula is C16H20N2O. The second-order valence-corrected chi connectivity index (χ2v) is 5.40. The lowest BCUT2D eigenvalue weighted by Gasteiger charge is -2.15. The smallest absolute Gasteiger partial charge is 0.258 e. The Morgan fingerprint density at radius 1 is 1.32 bits per heavy atom. The topological polar surface area (TPSA) is 46.3 Å². The number of hydrogen-bond acceptors (Lipinski definition) is 2. The van der Waals surface area contributed by atoms with E-state index in [0.29, 0.717) is 13.1 Å². The van der Waals surface area contributed by atoms with Crippen molar-refractivity contribution in [1.29, 1.82) is 0 Å². The van der Waals surface area contributed by atoms with E-state index in [1.807, 2.05) is 24.3 Å². The summed E-state index contributed by atoms with van der Waals surface area (Å²) in [5, 5.41) is 0. The van der Waals surface area contributed by atoms with E-state index in [2.05, 4.69) is 6.08 Å². The molecule has 3 heteroatoms. The highest BCUT2D eigenvalue weighted by atomic mass is 16.2. The van der Waals surface area contributed by atoms with Crippen molar-refractivity contribution in [2.45, 2.75) is 25.7 Å². The van der Waals surface area contributed by atoms with Crippen molar-refractivity contribution >= 4 is 17.2 Å². The quantitative estimate of drug-likeness (QED) is 0.823. The van der Waals surface area contributed by atoms with E-state index >= 15 is 0 Å². The highest BCUT2D eigenvalue weighted by Gasteiger charge is 2.31. The number of allylic oxidation sites excluding steroid dienone is 1. The Morgan fingerprint density at radius 2 is 2.11 bits per heavy atom. The molecule has 2 aliphatic rings. The predicted octanol–water partition coefficient (Wildman–Crippen LogP) is 2.57. The van der Waals surface area contributed by atoms with Crippen LogP contribution in [0.15, 0.2) is 30.3 Å². The fraction of sp³-hybridized carbons (Fsp3) is 0.438. The maximum absolute atomic E-state index is 12.4. The Hall–Kier alpha value is -1.61. The molecule has 0 radical (unpaired) electrons. The van der Waals surface area contributed by atoms with Crippen LogP contribution in [-0.2, 0) is 4.79 Å². The Kier molecular flexibility index (Phi) is 3.38. The molecule has 3 nitrogen and oxygen atoms in total. The molecule has 1 heterocycles. The molecule has 1 aromatic rings. The summed E-state index contributed by atoms with van der Waals surface area (Å²) in [5.74, 6) is 1.02.